The van der Waals surface area contributed by atoms with Gasteiger partial charge in [0.2, 0.25) is 0 Å². The lowest BCUT2D eigenvalue weighted by Gasteiger charge is -2.14. The molecule has 0 saturated carbocycles. The van der Waals surface area contributed by atoms with Crippen LogP contribution < -0.4 is 0 Å². The van der Waals surface area contributed by atoms with E-state index in [1.54, 1.807) is 0 Å². The molecule has 0 unspecified atom stereocenters. The van der Waals surface area contributed by atoms with Crippen LogP contribution in [0.4, 0.5) is 0 Å². The molecular weight excluding hydrogens is 679 g/mol. The fourth-order valence-electron chi connectivity index (χ4n) is 7.89. The smallest absolute Gasteiger partial charge is 0.160 e. The van der Waals surface area contributed by atoms with E-state index in [9.17, 15) is 5.26 Å². The Bertz CT molecular complexity index is 3100. The van der Waals surface area contributed by atoms with Crippen LogP contribution in [0.5, 0.6) is 0 Å². The molecule has 0 amide bonds. The van der Waals surface area contributed by atoms with Crippen LogP contribution in [-0.2, 0) is 0 Å². The molecule has 0 N–H and O–H groups in total. The topological polar surface area (TPSA) is 49.6 Å². The number of fused-ring (bicyclic) bond motifs is 3. The second kappa shape index (κ2) is 14.0. The summed E-state index contributed by atoms with van der Waals surface area (Å²) in [7, 11) is 0. The quantitative estimate of drug-likeness (QED) is 0.173. The van der Waals surface area contributed by atoms with Gasteiger partial charge in [-0.1, -0.05) is 182 Å². The molecule has 0 radical (unpaired) electrons. The van der Waals surface area contributed by atoms with Crippen molar-refractivity contribution in [1.29, 1.82) is 5.26 Å². The number of nitriles is 1. The van der Waals surface area contributed by atoms with Crippen LogP contribution in [0.1, 0.15) is 5.56 Å². The number of benzene rings is 9. The van der Waals surface area contributed by atoms with Gasteiger partial charge in [-0.05, 0) is 84.3 Å². The van der Waals surface area contributed by atoms with Gasteiger partial charge in [-0.3, -0.25) is 0 Å². The molecule has 260 valence electrons. The van der Waals surface area contributed by atoms with E-state index in [1.807, 2.05) is 30.3 Å². The molecular formula is C53H33N3. The number of nitrogens with zero attached hydrogens (tertiary/aromatic N) is 3. The van der Waals surface area contributed by atoms with Crippen LogP contribution in [0.3, 0.4) is 0 Å². The molecule has 0 spiro atoms. The van der Waals surface area contributed by atoms with Gasteiger partial charge in [-0.2, -0.15) is 5.26 Å². The molecule has 1 heterocycles. The minimum atomic E-state index is 0.665. The lowest BCUT2D eigenvalue weighted by atomic mass is 9.91. The van der Waals surface area contributed by atoms with E-state index in [0.29, 0.717) is 11.4 Å². The van der Waals surface area contributed by atoms with Crippen LogP contribution in [0.2, 0.25) is 0 Å². The first-order chi connectivity index (χ1) is 27.7. The molecule has 10 rings (SSSR count). The molecule has 0 fully saturated rings. The highest BCUT2D eigenvalue weighted by Crippen LogP contribution is 2.38. The Hall–Kier alpha value is -7.67. The van der Waals surface area contributed by atoms with Gasteiger partial charge in [-0.25, -0.2) is 9.97 Å². The zero-order chi connectivity index (χ0) is 37.4. The third-order valence-electron chi connectivity index (χ3n) is 10.8. The molecule has 3 nitrogen and oxygen atoms in total. The van der Waals surface area contributed by atoms with Crippen molar-refractivity contribution in [3.63, 3.8) is 0 Å². The van der Waals surface area contributed by atoms with Gasteiger partial charge in [0.25, 0.3) is 0 Å². The third kappa shape index (κ3) is 5.97. The van der Waals surface area contributed by atoms with Gasteiger partial charge in [-0.15, -0.1) is 0 Å². The summed E-state index contributed by atoms with van der Waals surface area (Å²) in [6.07, 6.45) is 0. The highest BCUT2D eigenvalue weighted by Gasteiger charge is 2.14. The Balaban J connectivity index is 0.973. The van der Waals surface area contributed by atoms with Crippen molar-refractivity contribution in [1.82, 2.24) is 9.97 Å². The molecule has 10 aromatic rings. The lowest BCUT2D eigenvalue weighted by molar-refractivity contribution is 1.23. The van der Waals surface area contributed by atoms with Crippen LogP contribution >= 0.6 is 0 Å². The number of para-hydroxylation sites is 1. The lowest BCUT2D eigenvalue weighted by Crippen LogP contribution is -1.95. The summed E-state index contributed by atoms with van der Waals surface area (Å²) in [6.45, 7) is 0. The first-order valence-electron chi connectivity index (χ1n) is 18.8. The SMILES string of the molecule is N#Cc1ccc(-c2ccc(-c3ccc(-c4ccc(-c5nc(-c6ccc(-c7cccc8ccccc78)cc6)c6ccccc6n5)cc4)c4ccccc34)cc2)cc1. The molecule has 3 heteroatoms. The van der Waals surface area contributed by atoms with Gasteiger partial charge in [0, 0.05) is 16.5 Å². The normalized spacial score (nSPS) is 11.2. The van der Waals surface area contributed by atoms with Gasteiger partial charge >= 0.3 is 0 Å². The Morgan fingerprint density at radius 3 is 1.38 bits per heavy atom. The van der Waals surface area contributed by atoms with E-state index in [4.69, 9.17) is 9.97 Å². The van der Waals surface area contributed by atoms with E-state index in [2.05, 4.69) is 176 Å². The maximum atomic E-state index is 9.17. The molecule has 1 aromatic heterocycles. The van der Waals surface area contributed by atoms with Crippen molar-refractivity contribution in [2.75, 3.05) is 0 Å². The van der Waals surface area contributed by atoms with Crippen molar-refractivity contribution >= 4 is 32.4 Å². The number of aromatic nitrogens is 2. The van der Waals surface area contributed by atoms with E-state index in [-0.39, 0.29) is 0 Å². The summed E-state index contributed by atoms with van der Waals surface area (Å²) in [5.41, 5.74) is 13.8. The average molecular weight is 712 g/mol. The van der Waals surface area contributed by atoms with E-state index in [1.165, 1.54) is 43.8 Å². The fourth-order valence-corrected chi connectivity index (χ4v) is 7.89. The second-order valence-corrected chi connectivity index (χ2v) is 14.1. The molecule has 0 bridgehead atoms. The van der Waals surface area contributed by atoms with Crippen molar-refractivity contribution in [3.8, 4) is 73.2 Å². The third-order valence-corrected chi connectivity index (χ3v) is 10.8. The molecule has 0 aliphatic carbocycles. The minimum Gasteiger partial charge on any atom is -0.228 e. The number of hydrogen-bond donors (Lipinski definition) is 0. The molecule has 0 atom stereocenters. The van der Waals surface area contributed by atoms with Gasteiger partial charge in [0.05, 0.1) is 22.8 Å². The summed E-state index contributed by atoms with van der Waals surface area (Å²) in [5, 5.41) is 15.1. The zero-order valence-electron chi connectivity index (χ0n) is 30.4. The average Bonchev–Trinajstić information content (AvgIpc) is 3.28. The number of hydrogen-bond acceptors (Lipinski definition) is 3. The molecule has 0 saturated heterocycles. The van der Waals surface area contributed by atoms with Gasteiger partial charge < -0.3 is 0 Å². The Morgan fingerprint density at radius 1 is 0.321 bits per heavy atom. The standard InChI is InChI=1S/C53H33N3/c54-34-35-16-18-36(19-17-35)37-20-22-40(23-21-37)46-32-33-47(49-12-4-3-11-48(46)49)41-26-30-43(31-27-41)53-55-51-15-6-5-13-50(51)52(56-53)42-28-24-39(25-29-42)45-14-7-9-38-8-1-2-10-44(38)45/h1-33H. The van der Waals surface area contributed by atoms with Crippen molar-refractivity contribution in [3.05, 3.63) is 206 Å². The highest BCUT2D eigenvalue weighted by atomic mass is 14.9. The fraction of sp³-hybridized carbons (Fsp3) is 0. The predicted molar refractivity (Wildman–Crippen MR) is 232 cm³/mol. The van der Waals surface area contributed by atoms with Gasteiger partial charge in [0.15, 0.2) is 5.82 Å². The van der Waals surface area contributed by atoms with Crippen LogP contribution in [0.15, 0.2) is 200 Å². The van der Waals surface area contributed by atoms with E-state index in [0.717, 1.165) is 50.0 Å². The monoisotopic (exact) mass is 711 g/mol. The molecule has 9 aromatic carbocycles. The molecule has 56 heavy (non-hydrogen) atoms. The summed E-state index contributed by atoms with van der Waals surface area (Å²) in [5.74, 6) is 0.702. The zero-order valence-corrected chi connectivity index (χ0v) is 30.4. The molecule has 0 aliphatic rings. The van der Waals surface area contributed by atoms with Crippen molar-refractivity contribution in [2.45, 2.75) is 0 Å². The maximum absolute atomic E-state index is 9.17. The van der Waals surface area contributed by atoms with Crippen molar-refractivity contribution < 1.29 is 0 Å². The summed E-state index contributed by atoms with van der Waals surface area (Å²) < 4.78 is 0. The summed E-state index contributed by atoms with van der Waals surface area (Å²) in [6, 6.07) is 72.3. The van der Waals surface area contributed by atoms with Crippen LogP contribution in [0, 0.1) is 11.3 Å². The largest absolute Gasteiger partial charge is 0.228 e. The van der Waals surface area contributed by atoms with Gasteiger partial charge in [0.1, 0.15) is 0 Å². The maximum Gasteiger partial charge on any atom is 0.160 e. The van der Waals surface area contributed by atoms with Crippen molar-refractivity contribution in [2.24, 2.45) is 0 Å². The Morgan fingerprint density at radius 2 is 0.768 bits per heavy atom. The first kappa shape index (κ1) is 32.9. The first-order valence-corrected chi connectivity index (χ1v) is 18.8. The van der Waals surface area contributed by atoms with E-state index < -0.39 is 0 Å². The van der Waals surface area contributed by atoms with E-state index >= 15 is 0 Å². The summed E-state index contributed by atoms with van der Waals surface area (Å²) in [4.78, 5) is 10.2. The Labute approximate surface area is 325 Å². The van der Waals surface area contributed by atoms with Crippen LogP contribution in [-0.4, -0.2) is 9.97 Å². The molecule has 0 aliphatic heterocycles. The second-order valence-electron chi connectivity index (χ2n) is 14.1. The Kier molecular flexibility index (Phi) is 8.21. The summed E-state index contributed by atoms with van der Waals surface area (Å²) >= 11 is 0. The number of rotatable bonds is 6. The highest BCUT2D eigenvalue weighted by molar-refractivity contribution is 6.05. The van der Waals surface area contributed by atoms with Crippen LogP contribution in [0.25, 0.3) is 99.6 Å². The minimum absolute atomic E-state index is 0.665. The predicted octanol–water partition coefficient (Wildman–Crippen LogP) is 13.8.